The number of aldehydes is 1. The Morgan fingerprint density at radius 2 is 0.952 bits per heavy atom. The number of carbonyl (C=O) groups is 3. The first-order valence-electron chi connectivity index (χ1n) is 19.4. The van der Waals surface area contributed by atoms with Crippen molar-refractivity contribution in [1.29, 1.82) is 0 Å². The first-order chi connectivity index (χ1) is 29.3. The Bertz CT molecular complexity index is 1420. The van der Waals surface area contributed by atoms with Crippen molar-refractivity contribution in [3.05, 3.63) is 0 Å². The van der Waals surface area contributed by atoms with Crippen molar-refractivity contribution in [1.82, 2.24) is 10.6 Å². The van der Waals surface area contributed by atoms with Crippen molar-refractivity contribution in [2.75, 3.05) is 33.0 Å². The van der Waals surface area contributed by atoms with Gasteiger partial charge in [-0.25, -0.2) is 0 Å². The predicted octanol–water partition coefficient (Wildman–Crippen LogP) is -11.8. The molecule has 17 N–H and O–H groups in total. The van der Waals surface area contributed by atoms with E-state index >= 15 is 0 Å². The average Bonchev–Trinajstić information content (AvgIpc) is 3.24. The zero-order valence-electron chi connectivity index (χ0n) is 33.2. The molecule has 2 amide bonds. The summed E-state index contributed by atoms with van der Waals surface area (Å²) in [5, 5.41) is 162. The summed E-state index contributed by atoms with van der Waals surface area (Å²) >= 11 is 0. The summed E-state index contributed by atoms with van der Waals surface area (Å²) < 4.78 is 45.2. The second-order valence-electron chi connectivity index (χ2n) is 15.1. The van der Waals surface area contributed by atoms with Gasteiger partial charge in [0.2, 0.25) is 11.8 Å². The minimum atomic E-state index is -2.22. The minimum absolute atomic E-state index is 0.122. The predicted molar refractivity (Wildman–Crippen MR) is 191 cm³/mol. The molecule has 0 aliphatic carbocycles. The molecule has 4 aliphatic heterocycles. The van der Waals surface area contributed by atoms with E-state index in [4.69, 9.17) is 37.9 Å². The number of carbonyl (C=O) groups excluding carboxylic acids is 3. The van der Waals surface area contributed by atoms with Crippen molar-refractivity contribution in [2.24, 2.45) is 0 Å². The summed E-state index contributed by atoms with van der Waals surface area (Å²) in [5.74, 6) is -1.58. The van der Waals surface area contributed by atoms with Gasteiger partial charge in [-0.2, -0.15) is 0 Å². The molecule has 28 heteroatoms. The van der Waals surface area contributed by atoms with Gasteiger partial charge in [0.25, 0.3) is 0 Å². The SMILES string of the molecule is CC(=O)N[C@H]1[C@H](O[C@H]2[C@@H](O)[C@@H](CO)O[C@@H](O[C@@H]([C@H](O)[C@@H](O)C=O)[C@H](O)CO)[C@@H]2O)O[C@H](CO)[C@@H](O[C@@H]2O[C@H](CO)[C@H](O)[C@H](O[C@@H]3O[C@H](CO)[C@@H](O)[C@H](O)[C@H]3NC(C)=O)[C@H]2O)[C@@H]1O. The molecule has 0 saturated carbocycles. The van der Waals surface area contributed by atoms with E-state index in [2.05, 4.69) is 10.6 Å². The highest BCUT2D eigenvalue weighted by Crippen LogP contribution is 2.35. The van der Waals surface area contributed by atoms with E-state index in [-0.39, 0.29) is 6.29 Å². The molecule has 0 aromatic heterocycles. The zero-order chi connectivity index (χ0) is 46.3. The molecule has 0 unspecified atom stereocenters. The summed E-state index contributed by atoms with van der Waals surface area (Å²) in [6.07, 6.45) is -42.5. The molecular weight excluding hydrogens is 852 g/mol. The van der Waals surface area contributed by atoms with E-state index in [0.717, 1.165) is 13.8 Å². The van der Waals surface area contributed by atoms with Crippen LogP contribution in [0.25, 0.3) is 0 Å². The monoisotopic (exact) mass is 910 g/mol. The van der Waals surface area contributed by atoms with E-state index in [0.29, 0.717) is 0 Å². The fourth-order valence-corrected chi connectivity index (χ4v) is 7.38. The van der Waals surface area contributed by atoms with Crippen LogP contribution in [0.2, 0.25) is 0 Å². The Morgan fingerprint density at radius 3 is 1.40 bits per heavy atom. The summed E-state index contributed by atoms with van der Waals surface area (Å²) in [6, 6.07) is -3.33. The van der Waals surface area contributed by atoms with Crippen LogP contribution in [-0.2, 0) is 52.3 Å². The van der Waals surface area contributed by atoms with E-state index in [1.165, 1.54) is 0 Å². The van der Waals surface area contributed by atoms with Gasteiger partial charge < -0.3 is 130 Å². The fourth-order valence-electron chi connectivity index (χ4n) is 7.38. The number of hydrogen-bond donors (Lipinski definition) is 17. The Kier molecular flexibility index (Phi) is 19.6. The zero-order valence-corrected chi connectivity index (χ0v) is 33.2. The molecule has 4 aliphatic rings. The largest absolute Gasteiger partial charge is 0.394 e. The Balaban J connectivity index is 1.60. The second kappa shape index (κ2) is 23.2. The Morgan fingerprint density at radius 1 is 0.548 bits per heavy atom. The number of nitrogens with one attached hydrogen (secondary N) is 2. The molecule has 4 fully saturated rings. The van der Waals surface area contributed by atoms with Crippen LogP contribution < -0.4 is 10.6 Å². The van der Waals surface area contributed by atoms with Crippen LogP contribution in [-0.4, -0.2) is 275 Å². The quantitative estimate of drug-likeness (QED) is 0.0535. The van der Waals surface area contributed by atoms with E-state index in [9.17, 15) is 91.0 Å². The first-order valence-corrected chi connectivity index (χ1v) is 19.4. The third-order valence-corrected chi connectivity index (χ3v) is 10.7. The van der Waals surface area contributed by atoms with Crippen LogP contribution in [0, 0.1) is 0 Å². The van der Waals surface area contributed by atoms with Gasteiger partial charge in [0, 0.05) is 13.8 Å². The summed E-state index contributed by atoms with van der Waals surface area (Å²) in [4.78, 5) is 35.5. The number of hydrogen-bond acceptors (Lipinski definition) is 26. The molecule has 62 heavy (non-hydrogen) atoms. The summed E-state index contributed by atoms with van der Waals surface area (Å²) in [7, 11) is 0. The van der Waals surface area contributed by atoms with Crippen LogP contribution >= 0.6 is 0 Å². The lowest BCUT2D eigenvalue weighted by molar-refractivity contribution is -0.380. The van der Waals surface area contributed by atoms with E-state index < -0.39 is 192 Å². The maximum Gasteiger partial charge on any atom is 0.217 e. The molecule has 0 aromatic carbocycles. The molecule has 4 rings (SSSR count). The van der Waals surface area contributed by atoms with Crippen molar-refractivity contribution in [3.8, 4) is 0 Å². The average molecular weight is 911 g/mol. The van der Waals surface area contributed by atoms with Gasteiger partial charge >= 0.3 is 0 Å². The lowest BCUT2D eigenvalue weighted by Gasteiger charge is -2.50. The van der Waals surface area contributed by atoms with Crippen molar-refractivity contribution >= 4 is 18.1 Å². The maximum absolute atomic E-state index is 12.4. The molecule has 4 heterocycles. The van der Waals surface area contributed by atoms with Gasteiger partial charge in [-0.1, -0.05) is 0 Å². The molecule has 0 spiro atoms. The molecule has 0 bridgehead atoms. The first kappa shape index (κ1) is 52.3. The van der Waals surface area contributed by atoms with E-state index in [1.54, 1.807) is 0 Å². The topological polar surface area (TPSA) is 453 Å². The highest BCUT2D eigenvalue weighted by Gasteiger charge is 2.56. The molecule has 24 atom stereocenters. The van der Waals surface area contributed by atoms with Crippen LogP contribution in [0.3, 0.4) is 0 Å². The number of aliphatic hydroxyl groups is 15. The van der Waals surface area contributed by atoms with Gasteiger partial charge in [0.05, 0.1) is 33.0 Å². The van der Waals surface area contributed by atoms with Crippen LogP contribution in [0.15, 0.2) is 0 Å². The van der Waals surface area contributed by atoms with Crippen LogP contribution in [0.1, 0.15) is 13.8 Å². The second-order valence-corrected chi connectivity index (χ2v) is 15.1. The van der Waals surface area contributed by atoms with Crippen molar-refractivity contribution in [2.45, 2.75) is 161 Å². The Hall–Kier alpha value is -2.31. The van der Waals surface area contributed by atoms with Crippen LogP contribution in [0.4, 0.5) is 0 Å². The van der Waals surface area contributed by atoms with Crippen molar-refractivity contribution < 1.29 is 129 Å². The lowest BCUT2D eigenvalue weighted by Crippen LogP contribution is -2.70. The molecular formula is C34H58N2O26. The third kappa shape index (κ3) is 11.7. The summed E-state index contributed by atoms with van der Waals surface area (Å²) in [5.41, 5.74) is 0. The number of amides is 2. The van der Waals surface area contributed by atoms with Gasteiger partial charge in [0.1, 0.15) is 122 Å². The number of ether oxygens (including phenoxy) is 8. The van der Waals surface area contributed by atoms with Gasteiger partial charge in [-0.15, -0.1) is 0 Å². The third-order valence-electron chi connectivity index (χ3n) is 10.7. The van der Waals surface area contributed by atoms with E-state index in [1.807, 2.05) is 0 Å². The smallest absolute Gasteiger partial charge is 0.217 e. The minimum Gasteiger partial charge on any atom is -0.394 e. The van der Waals surface area contributed by atoms with Gasteiger partial charge in [-0.05, 0) is 0 Å². The fraction of sp³-hybridized carbons (Fsp3) is 0.912. The van der Waals surface area contributed by atoms with Gasteiger partial charge in [-0.3, -0.25) is 9.59 Å². The lowest BCUT2D eigenvalue weighted by atomic mass is 9.94. The van der Waals surface area contributed by atoms with Crippen LogP contribution in [0.5, 0.6) is 0 Å². The highest BCUT2D eigenvalue weighted by molar-refractivity contribution is 5.73. The summed E-state index contributed by atoms with van der Waals surface area (Å²) in [6.45, 7) is -2.91. The number of aliphatic hydroxyl groups excluding tert-OH is 15. The Labute approximate surface area is 351 Å². The number of rotatable bonds is 19. The van der Waals surface area contributed by atoms with Gasteiger partial charge in [0.15, 0.2) is 31.4 Å². The maximum atomic E-state index is 12.4. The molecule has 0 radical (unpaired) electrons. The highest BCUT2D eigenvalue weighted by atomic mass is 16.8. The molecule has 4 saturated heterocycles. The molecule has 0 aromatic rings. The standard InChI is InChI=1S/C34H58N2O26/c1-9(43)35-17-23(51)20(48)13(5-39)55-31(17)61-30-22(50)15(7-41)57-34(26(30)54)60-28-16(8-42)58-32(18(24(28)52)36-10(2)44)62-29-21(49)14(6-40)56-33(25(29)53)59-27(12(46)4-38)19(47)11(45)3-37/h3,11-34,38-42,45-54H,4-8H2,1-2H3,(H,35,43)(H,36,44)/t11-,12+,13+,14+,15+,16+,17+,18+,19+,20+,21-,22-,23+,24+,25+,26+,27+,28+,29-,30-,31-,32-,33-,34-/m0/s1. The molecule has 360 valence electrons. The molecule has 28 nitrogen and oxygen atoms in total. The normalized spacial score (nSPS) is 43.5. The van der Waals surface area contributed by atoms with Crippen molar-refractivity contribution in [3.63, 3.8) is 0 Å².